The van der Waals surface area contributed by atoms with Crippen LogP contribution in [0.2, 0.25) is 0 Å². The zero-order valence-corrected chi connectivity index (χ0v) is 19.3. The Bertz CT molecular complexity index is 592. The molecule has 0 heterocycles. The Morgan fingerprint density at radius 3 is 1.12 bits per heavy atom. The maximum atomic E-state index is 11.0. The topological polar surface area (TPSA) is 105 Å². The Labute approximate surface area is 190 Å². The summed E-state index contributed by atoms with van der Waals surface area (Å²) in [6.45, 7) is 18.2. The molecule has 0 aliphatic heterocycles. The van der Waals surface area contributed by atoms with Gasteiger partial charge in [-0.05, 0) is 52.4 Å². The molecule has 0 fully saturated rings. The molecule has 8 nitrogen and oxygen atoms in total. The van der Waals surface area contributed by atoms with Crippen molar-refractivity contribution >= 4 is 23.9 Å². The lowest BCUT2D eigenvalue weighted by Gasteiger charge is -2.05. The van der Waals surface area contributed by atoms with Crippen LogP contribution < -0.4 is 0 Å². The fourth-order valence-electron chi connectivity index (χ4n) is 1.80. The second-order valence-electron chi connectivity index (χ2n) is 6.70. The lowest BCUT2D eigenvalue weighted by molar-refractivity contribution is -0.141. The van der Waals surface area contributed by atoms with E-state index in [4.69, 9.17) is 18.9 Å². The Hall–Kier alpha value is -3.16. The lowest BCUT2D eigenvalue weighted by atomic mass is 10.2. The molecule has 0 aromatic carbocycles. The summed E-state index contributed by atoms with van der Waals surface area (Å²) in [6.07, 6.45) is 7.12. The fourth-order valence-corrected chi connectivity index (χ4v) is 1.80. The first kappa shape index (κ1) is 31.0. The first-order chi connectivity index (χ1) is 15.1. The van der Waals surface area contributed by atoms with Gasteiger partial charge in [0.25, 0.3) is 0 Å². The molecule has 0 aliphatic carbocycles. The summed E-state index contributed by atoms with van der Waals surface area (Å²) in [4.78, 5) is 43.2. The summed E-state index contributed by atoms with van der Waals surface area (Å²) in [5, 5.41) is 0. The molecule has 180 valence electrons. The van der Waals surface area contributed by atoms with Crippen molar-refractivity contribution in [1.82, 2.24) is 0 Å². The number of carbonyl (C=O) groups excluding carboxylic acids is 4. The number of carbonyl (C=O) groups is 4. The SMILES string of the molecule is C=C(C)C(=O)OCCCCOC(=O)C(=C)C.C=CC(=O)OCCCCCCOC(=O)C=C. The third-order valence-corrected chi connectivity index (χ3v) is 3.56. The Balaban J connectivity index is 0. The van der Waals surface area contributed by atoms with E-state index in [1.165, 1.54) is 0 Å². The molecule has 0 bridgehead atoms. The van der Waals surface area contributed by atoms with Crippen LogP contribution in [0.15, 0.2) is 49.6 Å². The monoisotopic (exact) mass is 452 g/mol. The molecule has 0 unspecified atom stereocenters. The highest BCUT2D eigenvalue weighted by molar-refractivity contribution is 5.87. The van der Waals surface area contributed by atoms with Gasteiger partial charge in [-0.25, -0.2) is 19.2 Å². The molecule has 32 heavy (non-hydrogen) atoms. The molecule has 0 atom stereocenters. The highest BCUT2D eigenvalue weighted by atomic mass is 16.5. The van der Waals surface area contributed by atoms with E-state index in [9.17, 15) is 19.2 Å². The summed E-state index contributed by atoms with van der Waals surface area (Å²) in [7, 11) is 0. The molecule has 0 spiro atoms. The minimum Gasteiger partial charge on any atom is -0.463 e. The summed E-state index contributed by atoms with van der Waals surface area (Å²) in [6, 6.07) is 0. The van der Waals surface area contributed by atoms with E-state index < -0.39 is 0 Å². The fraction of sp³-hybridized carbons (Fsp3) is 0.500. The number of hydrogen-bond acceptors (Lipinski definition) is 8. The average molecular weight is 453 g/mol. The number of ether oxygens (including phenoxy) is 4. The van der Waals surface area contributed by atoms with Crippen LogP contribution in [0.5, 0.6) is 0 Å². The maximum Gasteiger partial charge on any atom is 0.333 e. The molecule has 0 amide bonds. The van der Waals surface area contributed by atoms with Gasteiger partial charge in [0.05, 0.1) is 26.4 Å². The number of hydrogen-bond donors (Lipinski definition) is 0. The van der Waals surface area contributed by atoms with Gasteiger partial charge in [-0.1, -0.05) is 26.3 Å². The van der Waals surface area contributed by atoms with E-state index in [1.54, 1.807) is 13.8 Å². The number of rotatable bonds is 16. The van der Waals surface area contributed by atoms with Gasteiger partial charge in [-0.2, -0.15) is 0 Å². The zero-order chi connectivity index (χ0) is 24.8. The smallest absolute Gasteiger partial charge is 0.333 e. The van der Waals surface area contributed by atoms with Crippen molar-refractivity contribution in [3.05, 3.63) is 49.6 Å². The van der Waals surface area contributed by atoms with E-state index in [0.717, 1.165) is 37.8 Å². The molecule has 0 aromatic rings. The molecule has 0 N–H and O–H groups in total. The van der Waals surface area contributed by atoms with Gasteiger partial charge in [0, 0.05) is 23.3 Å². The summed E-state index contributed by atoms with van der Waals surface area (Å²) >= 11 is 0. The Morgan fingerprint density at radius 1 is 0.562 bits per heavy atom. The van der Waals surface area contributed by atoms with E-state index in [-0.39, 0.29) is 23.9 Å². The first-order valence-electron chi connectivity index (χ1n) is 10.4. The van der Waals surface area contributed by atoms with Gasteiger partial charge in [0.15, 0.2) is 0 Å². The Morgan fingerprint density at radius 2 is 0.844 bits per heavy atom. The minimum atomic E-state index is -0.390. The maximum absolute atomic E-state index is 11.0. The van der Waals surface area contributed by atoms with Gasteiger partial charge in [0.2, 0.25) is 0 Å². The van der Waals surface area contributed by atoms with Crippen molar-refractivity contribution < 1.29 is 38.1 Å². The first-order valence-corrected chi connectivity index (χ1v) is 10.4. The molecular weight excluding hydrogens is 416 g/mol. The van der Waals surface area contributed by atoms with Crippen molar-refractivity contribution in [3.63, 3.8) is 0 Å². The molecule has 0 rings (SSSR count). The van der Waals surface area contributed by atoms with Crippen molar-refractivity contribution in [1.29, 1.82) is 0 Å². The summed E-state index contributed by atoms with van der Waals surface area (Å²) in [5.74, 6) is -1.56. The van der Waals surface area contributed by atoms with E-state index in [1.807, 2.05) is 0 Å². The highest BCUT2D eigenvalue weighted by Gasteiger charge is 2.04. The van der Waals surface area contributed by atoms with Crippen LogP contribution in [0.1, 0.15) is 52.4 Å². The van der Waals surface area contributed by atoms with Gasteiger partial charge in [0.1, 0.15) is 0 Å². The second kappa shape index (κ2) is 21.1. The molecule has 0 radical (unpaired) electrons. The molecule has 0 aliphatic rings. The highest BCUT2D eigenvalue weighted by Crippen LogP contribution is 2.01. The van der Waals surface area contributed by atoms with Crippen LogP contribution in [-0.4, -0.2) is 50.3 Å². The van der Waals surface area contributed by atoms with Gasteiger partial charge < -0.3 is 18.9 Å². The van der Waals surface area contributed by atoms with Crippen molar-refractivity contribution in [2.75, 3.05) is 26.4 Å². The predicted octanol–water partition coefficient (Wildman–Crippen LogP) is 4.01. The minimum absolute atomic E-state index is 0.316. The van der Waals surface area contributed by atoms with E-state index in [0.29, 0.717) is 50.4 Å². The second-order valence-corrected chi connectivity index (χ2v) is 6.70. The number of unbranched alkanes of at least 4 members (excludes halogenated alkanes) is 4. The largest absolute Gasteiger partial charge is 0.463 e. The third-order valence-electron chi connectivity index (χ3n) is 3.56. The standard InChI is InChI=1S/2C12H18O4/c1-9(2)11(13)15-7-5-6-8-16-12(14)10(3)4;1-3-11(13)15-9-7-5-6-8-10-16-12(14)4-2/h1,3,5-8H2,2,4H3;3-4H,1-2,5-10H2. The van der Waals surface area contributed by atoms with Crippen molar-refractivity contribution in [3.8, 4) is 0 Å². The molecule has 0 saturated heterocycles. The summed E-state index contributed by atoms with van der Waals surface area (Å²) in [5.41, 5.74) is 0.766. The Kier molecular flexibility index (Phi) is 20.4. The molecular formula is C24H36O8. The van der Waals surface area contributed by atoms with Crippen LogP contribution in [0.3, 0.4) is 0 Å². The number of esters is 4. The quantitative estimate of drug-likeness (QED) is 0.150. The summed E-state index contributed by atoms with van der Waals surface area (Å²) < 4.78 is 19.3. The third kappa shape index (κ3) is 21.5. The van der Waals surface area contributed by atoms with Crippen LogP contribution in [0.4, 0.5) is 0 Å². The molecule has 8 heteroatoms. The normalized spacial score (nSPS) is 9.31. The average Bonchev–Trinajstić information content (AvgIpc) is 2.77. The van der Waals surface area contributed by atoms with Crippen LogP contribution in [0.25, 0.3) is 0 Å². The van der Waals surface area contributed by atoms with E-state index >= 15 is 0 Å². The van der Waals surface area contributed by atoms with Crippen LogP contribution >= 0.6 is 0 Å². The van der Waals surface area contributed by atoms with Gasteiger partial charge >= 0.3 is 23.9 Å². The molecule has 0 saturated carbocycles. The van der Waals surface area contributed by atoms with Crippen LogP contribution in [-0.2, 0) is 38.1 Å². The van der Waals surface area contributed by atoms with Crippen LogP contribution in [0, 0.1) is 0 Å². The molecule has 0 aromatic heterocycles. The lowest BCUT2D eigenvalue weighted by Crippen LogP contribution is -2.09. The van der Waals surface area contributed by atoms with E-state index in [2.05, 4.69) is 26.3 Å². The predicted molar refractivity (Wildman–Crippen MR) is 122 cm³/mol. The zero-order valence-electron chi connectivity index (χ0n) is 19.3. The van der Waals surface area contributed by atoms with Crippen molar-refractivity contribution in [2.45, 2.75) is 52.4 Å². The van der Waals surface area contributed by atoms with Crippen molar-refractivity contribution in [2.24, 2.45) is 0 Å². The van der Waals surface area contributed by atoms with Gasteiger partial charge in [-0.15, -0.1) is 0 Å². The van der Waals surface area contributed by atoms with Gasteiger partial charge in [-0.3, -0.25) is 0 Å².